The molecule has 4 nitrogen and oxygen atoms in total. The number of hydrogen-bond donors (Lipinski definition) is 1. The molecule has 5 heteroatoms. The number of nitrogens with zero attached hydrogens (tertiary/aromatic N) is 2. The summed E-state index contributed by atoms with van der Waals surface area (Å²) in [5, 5.41) is 6.92. The van der Waals surface area contributed by atoms with Gasteiger partial charge >= 0.3 is 0 Å². The normalized spacial score (nSPS) is 11.0. The van der Waals surface area contributed by atoms with Gasteiger partial charge in [-0.3, -0.25) is 10.00 Å². The molecule has 1 N–H and O–H groups in total. The van der Waals surface area contributed by atoms with E-state index in [9.17, 15) is 4.39 Å². The van der Waals surface area contributed by atoms with Gasteiger partial charge < -0.3 is 4.74 Å². The predicted molar refractivity (Wildman–Crippen MR) is 71.4 cm³/mol. The lowest BCUT2D eigenvalue weighted by atomic mass is 10.2. The topological polar surface area (TPSA) is 41.1 Å². The molecule has 0 saturated heterocycles. The molecule has 0 aliphatic rings. The number of rotatable bonds is 5. The smallest absolute Gasteiger partial charge is 0.165 e. The van der Waals surface area contributed by atoms with Crippen molar-refractivity contribution >= 4 is 0 Å². The van der Waals surface area contributed by atoms with Gasteiger partial charge in [-0.15, -0.1) is 0 Å². The van der Waals surface area contributed by atoms with E-state index in [0.717, 1.165) is 29.9 Å². The summed E-state index contributed by atoms with van der Waals surface area (Å²) in [6, 6.07) is 4.94. The molecule has 2 rings (SSSR count). The Labute approximate surface area is 112 Å². The first-order chi connectivity index (χ1) is 9.10. The lowest BCUT2D eigenvalue weighted by Crippen LogP contribution is -2.17. The lowest BCUT2D eigenvalue weighted by molar-refractivity contribution is 0.316. The minimum absolute atomic E-state index is 0.283. The summed E-state index contributed by atoms with van der Waals surface area (Å²) in [7, 11) is 3.49. The molecule has 0 bridgehead atoms. The molecule has 0 aliphatic heterocycles. The highest BCUT2D eigenvalue weighted by molar-refractivity contribution is 5.30. The SMILES string of the molecule is COc1cc(CN(C)Cc2cn[nH]c2C)ccc1F. The van der Waals surface area contributed by atoms with Crippen LogP contribution in [-0.4, -0.2) is 29.3 Å². The summed E-state index contributed by atoms with van der Waals surface area (Å²) in [6.45, 7) is 3.51. The van der Waals surface area contributed by atoms with Crippen LogP contribution in [-0.2, 0) is 13.1 Å². The number of aromatic nitrogens is 2. The minimum atomic E-state index is -0.334. The van der Waals surface area contributed by atoms with E-state index in [-0.39, 0.29) is 11.6 Å². The zero-order valence-electron chi connectivity index (χ0n) is 11.4. The second-order valence-corrected chi connectivity index (χ2v) is 4.66. The third-order valence-electron chi connectivity index (χ3n) is 3.04. The summed E-state index contributed by atoms with van der Waals surface area (Å²) in [5.41, 5.74) is 3.25. The van der Waals surface area contributed by atoms with Crippen LogP contribution in [0.5, 0.6) is 5.75 Å². The lowest BCUT2D eigenvalue weighted by Gasteiger charge is -2.16. The van der Waals surface area contributed by atoms with Crippen molar-refractivity contribution in [2.24, 2.45) is 0 Å². The maximum absolute atomic E-state index is 13.3. The number of halogens is 1. The minimum Gasteiger partial charge on any atom is -0.494 e. The first-order valence-corrected chi connectivity index (χ1v) is 6.10. The molecule has 1 aromatic heterocycles. The Bertz CT molecular complexity index is 553. The van der Waals surface area contributed by atoms with Gasteiger partial charge in [-0.05, 0) is 31.7 Å². The number of methoxy groups -OCH3 is 1. The van der Waals surface area contributed by atoms with Crippen molar-refractivity contribution in [1.29, 1.82) is 0 Å². The molecule has 19 heavy (non-hydrogen) atoms. The van der Waals surface area contributed by atoms with Gasteiger partial charge in [0.25, 0.3) is 0 Å². The number of hydrogen-bond acceptors (Lipinski definition) is 3. The Morgan fingerprint density at radius 2 is 2.16 bits per heavy atom. The highest BCUT2D eigenvalue weighted by atomic mass is 19.1. The number of nitrogens with one attached hydrogen (secondary N) is 1. The van der Waals surface area contributed by atoms with Gasteiger partial charge in [0, 0.05) is 24.3 Å². The van der Waals surface area contributed by atoms with E-state index >= 15 is 0 Å². The summed E-state index contributed by atoms with van der Waals surface area (Å²) in [4.78, 5) is 2.14. The largest absolute Gasteiger partial charge is 0.494 e. The molecule has 2 aromatic rings. The molecule has 0 atom stereocenters. The average molecular weight is 263 g/mol. The van der Waals surface area contributed by atoms with Crippen LogP contribution in [0.2, 0.25) is 0 Å². The highest BCUT2D eigenvalue weighted by Crippen LogP contribution is 2.19. The Morgan fingerprint density at radius 3 is 2.79 bits per heavy atom. The van der Waals surface area contributed by atoms with Crippen LogP contribution in [0.3, 0.4) is 0 Å². The van der Waals surface area contributed by atoms with Crippen molar-refractivity contribution in [1.82, 2.24) is 15.1 Å². The summed E-state index contributed by atoms with van der Waals surface area (Å²) < 4.78 is 18.3. The van der Waals surface area contributed by atoms with Gasteiger partial charge in [0.05, 0.1) is 13.3 Å². The molecule has 0 saturated carbocycles. The van der Waals surface area contributed by atoms with Crippen molar-refractivity contribution < 1.29 is 9.13 Å². The van der Waals surface area contributed by atoms with Gasteiger partial charge in [-0.1, -0.05) is 6.07 Å². The molecule has 0 fully saturated rings. The van der Waals surface area contributed by atoms with Crippen molar-refractivity contribution in [3.63, 3.8) is 0 Å². The van der Waals surface area contributed by atoms with Crippen LogP contribution in [0.4, 0.5) is 4.39 Å². The Morgan fingerprint density at radius 1 is 1.37 bits per heavy atom. The van der Waals surface area contributed by atoms with Crippen molar-refractivity contribution in [3.8, 4) is 5.75 Å². The number of H-pyrrole nitrogens is 1. The fourth-order valence-corrected chi connectivity index (χ4v) is 2.00. The second-order valence-electron chi connectivity index (χ2n) is 4.66. The first-order valence-electron chi connectivity index (χ1n) is 6.10. The third-order valence-corrected chi connectivity index (χ3v) is 3.04. The Hall–Kier alpha value is -1.88. The Kier molecular flexibility index (Phi) is 4.16. The molecule has 102 valence electrons. The van der Waals surface area contributed by atoms with Crippen LogP contribution in [0.25, 0.3) is 0 Å². The molecule has 0 aliphatic carbocycles. The van der Waals surface area contributed by atoms with E-state index in [1.807, 2.05) is 20.2 Å². The van der Waals surface area contributed by atoms with E-state index < -0.39 is 0 Å². The molecule has 1 aromatic carbocycles. The summed E-state index contributed by atoms with van der Waals surface area (Å²) in [6.07, 6.45) is 1.83. The molecule has 0 amide bonds. The van der Waals surface area contributed by atoms with E-state index in [1.165, 1.54) is 13.2 Å². The van der Waals surface area contributed by atoms with Crippen molar-refractivity contribution in [2.75, 3.05) is 14.2 Å². The fraction of sp³-hybridized carbons (Fsp3) is 0.357. The van der Waals surface area contributed by atoms with Crippen LogP contribution < -0.4 is 4.74 Å². The van der Waals surface area contributed by atoms with Crippen molar-refractivity contribution in [2.45, 2.75) is 20.0 Å². The van der Waals surface area contributed by atoms with Gasteiger partial charge in [-0.2, -0.15) is 5.10 Å². The monoisotopic (exact) mass is 263 g/mol. The standard InChI is InChI=1S/C14H18FN3O/c1-10-12(7-16-17-10)9-18(2)8-11-4-5-13(15)14(6-11)19-3/h4-7H,8-9H2,1-3H3,(H,16,17). The van der Waals surface area contributed by atoms with E-state index in [2.05, 4.69) is 15.1 Å². The molecular weight excluding hydrogens is 245 g/mol. The summed E-state index contributed by atoms with van der Waals surface area (Å²) in [5.74, 6) is -0.0510. The maximum Gasteiger partial charge on any atom is 0.165 e. The van der Waals surface area contributed by atoms with E-state index in [4.69, 9.17) is 4.74 Å². The Balaban J connectivity index is 2.02. The van der Waals surface area contributed by atoms with Crippen LogP contribution in [0, 0.1) is 12.7 Å². The van der Waals surface area contributed by atoms with Crippen LogP contribution >= 0.6 is 0 Å². The number of aryl methyl sites for hydroxylation is 1. The van der Waals surface area contributed by atoms with Crippen LogP contribution in [0.1, 0.15) is 16.8 Å². The van der Waals surface area contributed by atoms with E-state index in [0.29, 0.717) is 0 Å². The van der Waals surface area contributed by atoms with Crippen LogP contribution in [0.15, 0.2) is 24.4 Å². The zero-order chi connectivity index (χ0) is 13.8. The van der Waals surface area contributed by atoms with E-state index in [1.54, 1.807) is 12.1 Å². The van der Waals surface area contributed by atoms with Crippen molar-refractivity contribution in [3.05, 3.63) is 47.0 Å². The second kappa shape index (κ2) is 5.84. The van der Waals surface area contributed by atoms with Gasteiger partial charge in [0.15, 0.2) is 11.6 Å². The molecule has 1 heterocycles. The average Bonchev–Trinajstić information content (AvgIpc) is 2.77. The first kappa shape index (κ1) is 13.5. The third kappa shape index (κ3) is 3.32. The molecular formula is C14H18FN3O. The maximum atomic E-state index is 13.3. The zero-order valence-corrected chi connectivity index (χ0v) is 11.4. The predicted octanol–water partition coefficient (Wildman–Crippen LogP) is 2.50. The fourth-order valence-electron chi connectivity index (χ4n) is 2.00. The quantitative estimate of drug-likeness (QED) is 0.901. The highest BCUT2D eigenvalue weighted by Gasteiger charge is 2.08. The number of ether oxygens (including phenoxy) is 1. The summed E-state index contributed by atoms with van der Waals surface area (Å²) >= 11 is 0. The van der Waals surface area contributed by atoms with Gasteiger partial charge in [0.1, 0.15) is 0 Å². The number of benzene rings is 1. The molecule has 0 unspecified atom stereocenters. The number of aromatic amines is 1. The van der Waals surface area contributed by atoms with Gasteiger partial charge in [-0.25, -0.2) is 4.39 Å². The van der Waals surface area contributed by atoms with Gasteiger partial charge in [0.2, 0.25) is 0 Å². The molecule has 0 spiro atoms. The molecule has 0 radical (unpaired) electrons.